The number of rotatable bonds is 4. The van der Waals surface area contributed by atoms with Crippen molar-refractivity contribution in [1.82, 2.24) is 4.57 Å². The Kier molecular flexibility index (Phi) is 5.83. The Morgan fingerprint density at radius 2 is 1.04 bits per heavy atom. The lowest BCUT2D eigenvalue weighted by Crippen LogP contribution is -2.10. The summed E-state index contributed by atoms with van der Waals surface area (Å²) >= 11 is 1.87. The predicted octanol–water partition coefficient (Wildman–Crippen LogP) is 13.7. The summed E-state index contributed by atoms with van der Waals surface area (Å²) in [5.74, 6) is 0. The maximum atomic E-state index is 6.43. The zero-order chi connectivity index (χ0) is 32.8. The maximum absolute atomic E-state index is 6.43. The fourth-order valence-electron chi connectivity index (χ4n) is 7.88. The van der Waals surface area contributed by atoms with Gasteiger partial charge in [0.25, 0.3) is 0 Å². The standard InChI is InChI=1S/C46H28N2OS/c1-2-10-30(11-3-1)48-41-15-7-4-12-34(41)35-24-21-32(27-42(35)48)47(33-22-25-37-36-13-5-8-16-43(36)49-44(37)28-33)31-20-18-29-19-23-39-38-14-6-9-17-45(38)50-46(39)40(29)26-31/h1-28H. The molecule has 0 saturated carbocycles. The average Bonchev–Trinajstić information content (AvgIpc) is 3.84. The Labute approximate surface area is 291 Å². The molecule has 8 aromatic carbocycles. The van der Waals surface area contributed by atoms with Gasteiger partial charge in [0.15, 0.2) is 0 Å². The molecule has 234 valence electrons. The normalized spacial score (nSPS) is 12.0. The lowest BCUT2D eigenvalue weighted by atomic mass is 10.0. The van der Waals surface area contributed by atoms with Crippen LogP contribution in [0.1, 0.15) is 0 Å². The first kappa shape index (κ1) is 27.6. The monoisotopic (exact) mass is 656 g/mol. The molecule has 0 bridgehead atoms. The predicted molar refractivity (Wildman–Crippen MR) is 213 cm³/mol. The Balaban J connectivity index is 1.19. The van der Waals surface area contributed by atoms with Gasteiger partial charge in [-0.2, -0.15) is 0 Å². The highest BCUT2D eigenvalue weighted by Crippen LogP contribution is 2.44. The van der Waals surface area contributed by atoms with E-state index in [9.17, 15) is 0 Å². The second-order valence-electron chi connectivity index (χ2n) is 12.9. The second-order valence-corrected chi connectivity index (χ2v) is 14.0. The Morgan fingerprint density at radius 1 is 0.420 bits per heavy atom. The van der Waals surface area contributed by atoms with E-state index in [-0.39, 0.29) is 0 Å². The van der Waals surface area contributed by atoms with Gasteiger partial charge in [-0.1, -0.05) is 97.1 Å². The molecule has 0 aliphatic rings. The molecule has 0 aliphatic carbocycles. The molecule has 0 spiro atoms. The third kappa shape index (κ3) is 4.03. The zero-order valence-corrected chi connectivity index (χ0v) is 27.7. The van der Waals surface area contributed by atoms with E-state index in [1.165, 1.54) is 47.2 Å². The van der Waals surface area contributed by atoms with Crippen molar-refractivity contribution >= 4 is 103 Å². The van der Waals surface area contributed by atoms with Crippen LogP contribution in [0.15, 0.2) is 174 Å². The summed E-state index contributed by atoms with van der Waals surface area (Å²) in [6.45, 7) is 0. The number of thiophene rings is 1. The first-order valence-electron chi connectivity index (χ1n) is 16.9. The molecule has 0 atom stereocenters. The molecule has 3 nitrogen and oxygen atoms in total. The molecule has 50 heavy (non-hydrogen) atoms. The van der Waals surface area contributed by atoms with Crippen molar-refractivity contribution in [3.8, 4) is 5.69 Å². The summed E-state index contributed by atoms with van der Waals surface area (Å²) in [5.41, 5.74) is 8.50. The van der Waals surface area contributed by atoms with E-state index >= 15 is 0 Å². The molecule has 0 unspecified atom stereocenters. The summed E-state index contributed by atoms with van der Waals surface area (Å²) < 4.78 is 11.4. The molecule has 0 fully saturated rings. The Bertz CT molecular complexity index is 3110. The van der Waals surface area contributed by atoms with Crippen LogP contribution in [-0.4, -0.2) is 4.57 Å². The van der Waals surface area contributed by atoms with Crippen LogP contribution >= 0.6 is 11.3 Å². The van der Waals surface area contributed by atoms with Gasteiger partial charge in [-0.05, 0) is 72.1 Å². The van der Waals surface area contributed by atoms with Crippen LogP contribution in [0.5, 0.6) is 0 Å². The van der Waals surface area contributed by atoms with Crippen molar-refractivity contribution in [1.29, 1.82) is 0 Å². The van der Waals surface area contributed by atoms with E-state index in [2.05, 4.69) is 167 Å². The minimum absolute atomic E-state index is 0.876. The number of hydrogen-bond donors (Lipinski definition) is 0. The fraction of sp³-hybridized carbons (Fsp3) is 0. The van der Waals surface area contributed by atoms with Crippen molar-refractivity contribution in [2.45, 2.75) is 0 Å². The number of para-hydroxylation sites is 3. The number of furan rings is 1. The number of hydrogen-bond acceptors (Lipinski definition) is 3. The van der Waals surface area contributed by atoms with Crippen LogP contribution < -0.4 is 4.90 Å². The van der Waals surface area contributed by atoms with Crippen molar-refractivity contribution < 1.29 is 4.42 Å². The molecular weight excluding hydrogens is 629 g/mol. The summed E-state index contributed by atoms with van der Waals surface area (Å²) in [6.07, 6.45) is 0. The van der Waals surface area contributed by atoms with Gasteiger partial charge in [-0.25, -0.2) is 0 Å². The lowest BCUT2D eigenvalue weighted by molar-refractivity contribution is 0.669. The highest BCUT2D eigenvalue weighted by Gasteiger charge is 2.20. The van der Waals surface area contributed by atoms with Gasteiger partial charge >= 0.3 is 0 Å². The van der Waals surface area contributed by atoms with Gasteiger partial charge in [0.05, 0.1) is 11.0 Å². The van der Waals surface area contributed by atoms with Crippen LogP contribution in [-0.2, 0) is 0 Å². The fourth-order valence-corrected chi connectivity index (χ4v) is 9.11. The highest BCUT2D eigenvalue weighted by molar-refractivity contribution is 7.26. The first-order chi connectivity index (χ1) is 24.8. The van der Waals surface area contributed by atoms with E-state index in [0.29, 0.717) is 0 Å². The molecule has 4 heteroatoms. The molecule has 11 rings (SSSR count). The minimum atomic E-state index is 0.876. The second kappa shape index (κ2) is 10.6. The quantitative estimate of drug-likeness (QED) is 0.188. The van der Waals surface area contributed by atoms with Gasteiger partial charge in [0, 0.05) is 75.9 Å². The van der Waals surface area contributed by atoms with E-state index in [0.717, 1.165) is 50.2 Å². The van der Waals surface area contributed by atoms with Crippen LogP contribution in [0.2, 0.25) is 0 Å². The van der Waals surface area contributed by atoms with Crippen LogP contribution in [0, 0.1) is 0 Å². The molecule has 0 radical (unpaired) electrons. The summed E-state index contributed by atoms with van der Waals surface area (Å²) in [4.78, 5) is 2.38. The summed E-state index contributed by atoms with van der Waals surface area (Å²) in [5, 5.41) is 9.83. The molecule has 0 aliphatic heterocycles. The van der Waals surface area contributed by atoms with Gasteiger partial charge in [0.2, 0.25) is 0 Å². The van der Waals surface area contributed by atoms with E-state index < -0.39 is 0 Å². The number of benzene rings is 8. The van der Waals surface area contributed by atoms with Crippen molar-refractivity contribution in [2.75, 3.05) is 4.90 Å². The molecule has 3 heterocycles. The van der Waals surface area contributed by atoms with E-state index in [1.807, 2.05) is 23.5 Å². The average molecular weight is 657 g/mol. The maximum Gasteiger partial charge on any atom is 0.137 e. The van der Waals surface area contributed by atoms with Crippen LogP contribution in [0.4, 0.5) is 17.1 Å². The zero-order valence-electron chi connectivity index (χ0n) is 26.9. The van der Waals surface area contributed by atoms with Crippen molar-refractivity contribution in [2.24, 2.45) is 0 Å². The van der Waals surface area contributed by atoms with Gasteiger partial charge < -0.3 is 13.9 Å². The molecule has 3 aromatic heterocycles. The smallest absolute Gasteiger partial charge is 0.137 e. The molecule has 0 amide bonds. The topological polar surface area (TPSA) is 21.3 Å². The number of anilines is 3. The van der Waals surface area contributed by atoms with E-state index in [1.54, 1.807) is 0 Å². The highest BCUT2D eigenvalue weighted by atomic mass is 32.1. The van der Waals surface area contributed by atoms with Gasteiger partial charge in [-0.15, -0.1) is 11.3 Å². The third-order valence-electron chi connectivity index (χ3n) is 10.2. The van der Waals surface area contributed by atoms with Crippen LogP contribution in [0.3, 0.4) is 0 Å². The number of aromatic nitrogens is 1. The van der Waals surface area contributed by atoms with Crippen molar-refractivity contribution in [3.05, 3.63) is 170 Å². The SMILES string of the molecule is c1ccc(-n2c3ccccc3c3ccc(N(c4ccc5c(c4)oc4ccccc45)c4ccc5ccc6c7ccccc7sc6c5c4)cc32)cc1. The molecule has 0 saturated heterocycles. The third-order valence-corrected chi connectivity index (χ3v) is 11.4. The van der Waals surface area contributed by atoms with Gasteiger partial charge in [0.1, 0.15) is 11.2 Å². The molecular formula is C46H28N2OS. The number of fused-ring (bicyclic) bond motifs is 11. The lowest BCUT2D eigenvalue weighted by Gasteiger charge is -2.26. The first-order valence-corrected chi connectivity index (χ1v) is 17.7. The van der Waals surface area contributed by atoms with Crippen molar-refractivity contribution in [3.63, 3.8) is 0 Å². The van der Waals surface area contributed by atoms with Gasteiger partial charge in [-0.3, -0.25) is 0 Å². The molecule has 11 aromatic rings. The van der Waals surface area contributed by atoms with Crippen LogP contribution in [0.25, 0.3) is 80.4 Å². The largest absolute Gasteiger partial charge is 0.456 e. The summed E-state index contributed by atoms with van der Waals surface area (Å²) in [7, 11) is 0. The Morgan fingerprint density at radius 3 is 1.94 bits per heavy atom. The number of nitrogens with zero attached hydrogens (tertiary/aromatic N) is 2. The summed E-state index contributed by atoms with van der Waals surface area (Å²) in [6, 6.07) is 61.3. The molecule has 0 N–H and O–H groups in total. The van der Waals surface area contributed by atoms with E-state index in [4.69, 9.17) is 4.42 Å². The Hall–Kier alpha value is -6.36. The minimum Gasteiger partial charge on any atom is -0.456 e.